The highest BCUT2D eigenvalue weighted by molar-refractivity contribution is 5.76. The first kappa shape index (κ1) is 16.5. The van der Waals surface area contributed by atoms with Crippen molar-refractivity contribution in [3.05, 3.63) is 35.4 Å². The number of hydrogen-bond acceptors (Lipinski definition) is 3. The second kappa shape index (κ2) is 7.94. The predicted molar refractivity (Wildman–Crippen MR) is 86.3 cm³/mol. The second-order valence-corrected chi connectivity index (χ2v) is 5.86. The van der Waals surface area contributed by atoms with E-state index in [2.05, 4.69) is 16.3 Å². The molecule has 5 nitrogen and oxygen atoms in total. The van der Waals surface area contributed by atoms with Gasteiger partial charge in [0.2, 0.25) is 11.8 Å². The highest BCUT2D eigenvalue weighted by atomic mass is 16.2. The molecule has 22 heavy (non-hydrogen) atoms. The molecule has 1 heterocycles. The molecule has 0 aliphatic carbocycles. The second-order valence-electron chi connectivity index (χ2n) is 5.86. The molecule has 1 saturated heterocycles. The van der Waals surface area contributed by atoms with Gasteiger partial charge in [0.1, 0.15) is 0 Å². The van der Waals surface area contributed by atoms with Crippen LogP contribution in [0, 0.1) is 6.92 Å². The van der Waals surface area contributed by atoms with Crippen molar-refractivity contribution >= 4 is 11.8 Å². The Bertz CT molecular complexity index is 522. The molecular formula is C17H25N3O2. The van der Waals surface area contributed by atoms with Crippen LogP contribution in [0.5, 0.6) is 0 Å². The maximum atomic E-state index is 11.9. The van der Waals surface area contributed by atoms with E-state index in [1.807, 2.05) is 30.0 Å². The SMILES string of the molecule is CC(=O)N1CCN(CCC(=O)NCc2cccc(C)c2)CC1. The Balaban J connectivity index is 1.65. The number of carbonyl (C=O) groups is 2. The zero-order valence-corrected chi connectivity index (χ0v) is 13.5. The number of piperazine rings is 1. The summed E-state index contributed by atoms with van der Waals surface area (Å²) in [5.74, 6) is 0.214. The van der Waals surface area contributed by atoms with Gasteiger partial charge < -0.3 is 10.2 Å². The molecule has 1 fully saturated rings. The van der Waals surface area contributed by atoms with Crippen molar-refractivity contribution in [2.75, 3.05) is 32.7 Å². The van der Waals surface area contributed by atoms with E-state index in [1.165, 1.54) is 5.56 Å². The van der Waals surface area contributed by atoms with Gasteiger partial charge in [-0.2, -0.15) is 0 Å². The van der Waals surface area contributed by atoms with Gasteiger partial charge in [0.15, 0.2) is 0 Å². The highest BCUT2D eigenvalue weighted by Gasteiger charge is 2.18. The fraction of sp³-hybridized carbons (Fsp3) is 0.529. The quantitative estimate of drug-likeness (QED) is 0.888. The van der Waals surface area contributed by atoms with E-state index in [4.69, 9.17) is 0 Å². The highest BCUT2D eigenvalue weighted by Crippen LogP contribution is 2.05. The van der Waals surface area contributed by atoms with Gasteiger partial charge in [-0.15, -0.1) is 0 Å². The minimum absolute atomic E-state index is 0.0792. The Labute approximate surface area is 132 Å². The maximum Gasteiger partial charge on any atom is 0.221 e. The third kappa shape index (κ3) is 5.15. The van der Waals surface area contributed by atoms with Gasteiger partial charge in [-0.05, 0) is 12.5 Å². The van der Waals surface area contributed by atoms with E-state index >= 15 is 0 Å². The number of hydrogen-bond donors (Lipinski definition) is 1. The van der Waals surface area contributed by atoms with Gasteiger partial charge >= 0.3 is 0 Å². The molecule has 1 N–H and O–H groups in total. The summed E-state index contributed by atoms with van der Waals surface area (Å²) in [6.45, 7) is 8.22. The summed E-state index contributed by atoms with van der Waals surface area (Å²) in [6, 6.07) is 8.16. The molecule has 2 rings (SSSR count). The van der Waals surface area contributed by atoms with E-state index in [1.54, 1.807) is 6.92 Å². The zero-order valence-electron chi connectivity index (χ0n) is 13.5. The number of benzene rings is 1. The Morgan fingerprint density at radius 1 is 1.18 bits per heavy atom. The molecule has 0 aromatic heterocycles. The Morgan fingerprint density at radius 3 is 2.55 bits per heavy atom. The van der Waals surface area contributed by atoms with Gasteiger partial charge in [-0.25, -0.2) is 0 Å². The number of nitrogens with zero attached hydrogens (tertiary/aromatic N) is 2. The normalized spacial score (nSPS) is 15.6. The maximum absolute atomic E-state index is 11.9. The first-order valence-corrected chi connectivity index (χ1v) is 7.85. The van der Waals surface area contributed by atoms with Crippen molar-refractivity contribution in [3.8, 4) is 0 Å². The lowest BCUT2D eigenvalue weighted by atomic mass is 10.1. The summed E-state index contributed by atoms with van der Waals surface area (Å²) >= 11 is 0. The van der Waals surface area contributed by atoms with Crippen molar-refractivity contribution < 1.29 is 9.59 Å². The first-order chi connectivity index (χ1) is 10.5. The van der Waals surface area contributed by atoms with Crippen LogP contribution < -0.4 is 5.32 Å². The summed E-state index contributed by atoms with van der Waals surface area (Å²) in [6.07, 6.45) is 0.506. The summed E-state index contributed by atoms with van der Waals surface area (Å²) in [4.78, 5) is 27.3. The minimum Gasteiger partial charge on any atom is -0.352 e. The van der Waals surface area contributed by atoms with Crippen LogP contribution in [0.3, 0.4) is 0 Å². The lowest BCUT2D eigenvalue weighted by molar-refractivity contribution is -0.131. The molecule has 0 radical (unpaired) electrons. The molecule has 2 amide bonds. The number of amides is 2. The van der Waals surface area contributed by atoms with Crippen molar-refractivity contribution in [2.45, 2.75) is 26.8 Å². The largest absolute Gasteiger partial charge is 0.352 e. The van der Waals surface area contributed by atoms with Crippen LogP contribution in [-0.2, 0) is 16.1 Å². The van der Waals surface area contributed by atoms with Gasteiger partial charge in [0, 0.05) is 52.6 Å². The van der Waals surface area contributed by atoms with E-state index in [0.717, 1.165) is 38.3 Å². The predicted octanol–water partition coefficient (Wildman–Crippen LogP) is 1.17. The molecule has 1 aliphatic heterocycles. The van der Waals surface area contributed by atoms with Gasteiger partial charge in [-0.3, -0.25) is 14.5 Å². The molecule has 0 spiro atoms. The van der Waals surface area contributed by atoms with Gasteiger partial charge in [-0.1, -0.05) is 29.8 Å². The van der Waals surface area contributed by atoms with Crippen LogP contribution in [0.15, 0.2) is 24.3 Å². The van der Waals surface area contributed by atoms with Crippen LogP contribution in [-0.4, -0.2) is 54.3 Å². The summed E-state index contributed by atoms with van der Waals surface area (Å²) in [5.41, 5.74) is 2.33. The first-order valence-electron chi connectivity index (χ1n) is 7.85. The summed E-state index contributed by atoms with van der Waals surface area (Å²) in [5, 5.41) is 2.96. The van der Waals surface area contributed by atoms with Crippen LogP contribution in [0.1, 0.15) is 24.5 Å². The van der Waals surface area contributed by atoms with E-state index < -0.39 is 0 Å². The average Bonchev–Trinajstić information content (AvgIpc) is 2.51. The number of rotatable bonds is 5. The van der Waals surface area contributed by atoms with Gasteiger partial charge in [0.25, 0.3) is 0 Å². The average molecular weight is 303 g/mol. The molecule has 0 bridgehead atoms. The lowest BCUT2D eigenvalue weighted by Crippen LogP contribution is -2.48. The minimum atomic E-state index is 0.0792. The van der Waals surface area contributed by atoms with Crippen LogP contribution >= 0.6 is 0 Å². The zero-order chi connectivity index (χ0) is 15.9. The Morgan fingerprint density at radius 2 is 1.91 bits per heavy atom. The van der Waals surface area contributed by atoms with Crippen molar-refractivity contribution in [1.82, 2.24) is 15.1 Å². The number of carbonyl (C=O) groups excluding carboxylic acids is 2. The molecule has 1 aromatic carbocycles. The third-order valence-electron chi connectivity index (χ3n) is 4.04. The van der Waals surface area contributed by atoms with Crippen molar-refractivity contribution in [2.24, 2.45) is 0 Å². The van der Waals surface area contributed by atoms with Crippen molar-refractivity contribution in [3.63, 3.8) is 0 Å². The lowest BCUT2D eigenvalue weighted by Gasteiger charge is -2.34. The summed E-state index contributed by atoms with van der Waals surface area (Å²) in [7, 11) is 0. The number of nitrogens with one attached hydrogen (secondary N) is 1. The van der Waals surface area contributed by atoms with E-state index in [0.29, 0.717) is 13.0 Å². The van der Waals surface area contributed by atoms with Crippen LogP contribution in [0.25, 0.3) is 0 Å². The fourth-order valence-electron chi connectivity index (χ4n) is 2.66. The molecule has 120 valence electrons. The Hall–Kier alpha value is -1.88. The molecule has 0 saturated carbocycles. The van der Waals surface area contributed by atoms with Crippen molar-refractivity contribution in [1.29, 1.82) is 0 Å². The molecule has 0 atom stereocenters. The fourth-order valence-corrected chi connectivity index (χ4v) is 2.66. The van der Waals surface area contributed by atoms with Gasteiger partial charge in [0.05, 0.1) is 0 Å². The third-order valence-corrected chi connectivity index (χ3v) is 4.04. The number of aryl methyl sites for hydroxylation is 1. The van der Waals surface area contributed by atoms with Crippen LogP contribution in [0.4, 0.5) is 0 Å². The molecule has 5 heteroatoms. The topological polar surface area (TPSA) is 52.7 Å². The monoisotopic (exact) mass is 303 g/mol. The van der Waals surface area contributed by atoms with Crippen LogP contribution in [0.2, 0.25) is 0 Å². The van der Waals surface area contributed by atoms with E-state index in [-0.39, 0.29) is 11.8 Å². The molecular weight excluding hydrogens is 278 g/mol. The standard InChI is InChI=1S/C17H25N3O2/c1-14-4-3-5-16(12-14)13-18-17(22)6-7-19-8-10-20(11-9-19)15(2)21/h3-5,12H,6-11,13H2,1-2H3,(H,18,22). The molecule has 1 aromatic rings. The smallest absolute Gasteiger partial charge is 0.221 e. The Kier molecular flexibility index (Phi) is 5.95. The van der Waals surface area contributed by atoms with E-state index in [9.17, 15) is 9.59 Å². The molecule has 0 unspecified atom stereocenters. The summed E-state index contributed by atoms with van der Waals surface area (Å²) < 4.78 is 0. The molecule has 1 aliphatic rings.